The van der Waals surface area contributed by atoms with E-state index in [1.165, 1.54) is 12.0 Å². The number of ether oxygens (including phenoxy) is 2. The molecule has 0 saturated carbocycles. The van der Waals surface area contributed by atoms with Gasteiger partial charge in [-0.15, -0.1) is 0 Å². The fraction of sp³-hybridized carbons (Fsp3) is 0.125. The number of hydrogen-bond acceptors (Lipinski definition) is 6. The van der Waals surface area contributed by atoms with Gasteiger partial charge in [0.05, 0.1) is 32.0 Å². The number of benzene rings is 2. The maximum absolute atomic E-state index is 13.4. The third-order valence-corrected chi connectivity index (χ3v) is 4.99. The van der Waals surface area contributed by atoms with Crippen LogP contribution in [0.15, 0.2) is 78.8 Å². The van der Waals surface area contributed by atoms with Crippen LogP contribution in [0.5, 0.6) is 11.5 Å². The highest BCUT2D eigenvalue weighted by atomic mass is 16.5. The fourth-order valence-electron chi connectivity index (χ4n) is 3.43. The minimum atomic E-state index is -0.412. The summed E-state index contributed by atoms with van der Waals surface area (Å²) in [5.41, 5.74) is 2.49. The molecule has 156 valence electrons. The number of hydrogen-bond donors (Lipinski definition) is 1. The number of nitrogens with zero attached hydrogens (tertiary/aromatic N) is 2. The highest BCUT2D eigenvalue weighted by Crippen LogP contribution is 2.35. The molecule has 0 fully saturated rings. The van der Waals surface area contributed by atoms with E-state index in [1.807, 2.05) is 18.2 Å². The Morgan fingerprint density at radius 2 is 1.65 bits per heavy atom. The van der Waals surface area contributed by atoms with E-state index in [0.29, 0.717) is 28.3 Å². The van der Waals surface area contributed by atoms with Crippen molar-refractivity contribution < 1.29 is 19.1 Å². The molecular formula is C24H21N3O4. The average molecular weight is 415 g/mol. The lowest BCUT2D eigenvalue weighted by molar-refractivity contribution is -0.137. The van der Waals surface area contributed by atoms with Gasteiger partial charge in [-0.3, -0.25) is 19.5 Å². The largest absolute Gasteiger partial charge is 0.497 e. The maximum atomic E-state index is 13.4. The number of nitrogens with one attached hydrogen (secondary N) is 1. The Morgan fingerprint density at radius 3 is 2.32 bits per heavy atom. The lowest BCUT2D eigenvalue weighted by Crippen LogP contribution is -2.32. The van der Waals surface area contributed by atoms with Crippen molar-refractivity contribution in [1.29, 1.82) is 0 Å². The first-order chi connectivity index (χ1) is 15.1. The van der Waals surface area contributed by atoms with Crippen LogP contribution in [0.3, 0.4) is 0 Å². The van der Waals surface area contributed by atoms with Gasteiger partial charge in [0.25, 0.3) is 11.8 Å². The lowest BCUT2D eigenvalue weighted by atomic mass is 10.0. The summed E-state index contributed by atoms with van der Waals surface area (Å²) < 4.78 is 10.7. The number of amides is 2. The SMILES string of the molecule is COc1ccc(OC)c(NC2=C(c3ccccc3)C(=O)N(Cc3ccncc3)C2=O)c1. The van der Waals surface area contributed by atoms with E-state index < -0.39 is 5.91 Å². The summed E-state index contributed by atoms with van der Waals surface area (Å²) in [6.07, 6.45) is 3.26. The predicted molar refractivity (Wildman–Crippen MR) is 116 cm³/mol. The molecule has 1 aliphatic rings. The van der Waals surface area contributed by atoms with E-state index in [0.717, 1.165) is 5.56 Å². The molecule has 1 aromatic heterocycles. The third-order valence-electron chi connectivity index (χ3n) is 4.99. The van der Waals surface area contributed by atoms with E-state index in [-0.39, 0.29) is 18.1 Å². The normalized spacial score (nSPS) is 13.5. The number of carbonyl (C=O) groups excluding carboxylic acids is 2. The number of aromatic nitrogens is 1. The molecule has 3 aromatic rings. The van der Waals surface area contributed by atoms with Gasteiger partial charge in [-0.1, -0.05) is 30.3 Å². The van der Waals surface area contributed by atoms with Crippen molar-refractivity contribution in [2.75, 3.05) is 19.5 Å². The van der Waals surface area contributed by atoms with Crippen molar-refractivity contribution in [2.45, 2.75) is 6.54 Å². The lowest BCUT2D eigenvalue weighted by Gasteiger charge is -2.16. The van der Waals surface area contributed by atoms with Crippen molar-refractivity contribution >= 4 is 23.1 Å². The molecule has 2 aromatic carbocycles. The van der Waals surface area contributed by atoms with E-state index >= 15 is 0 Å². The molecule has 0 saturated heterocycles. The van der Waals surface area contributed by atoms with Gasteiger partial charge in [-0.2, -0.15) is 0 Å². The second kappa shape index (κ2) is 8.71. The van der Waals surface area contributed by atoms with Gasteiger partial charge >= 0.3 is 0 Å². The van der Waals surface area contributed by atoms with Gasteiger partial charge in [0.1, 0.15) is 17.2 Å². The second-order valence-corrected chi connectivity index (χ2v) is 6.86. The Morgan fingerprint density at radius 1 is 0.903 bits per heavy atom. The summed E-state index contributed by atoms with van der Waals surface area (Å²) in [5.74, 6) is 0.340. The van der Waals surface area contributed by atoms with Gasteiger partial charge in [0.15, 0.2) is 0 Å². The summed E-state index contributed by atoms with van der Waals surface area (Å²) >= 11 is 0. The van der Waals surface area contributed by atoms with Crippen LogP contribution in [0.25, 0.3) is 5.57 Å². The van der Waals surface area contributed by atoms with Crippen LogP contribution in [0.4, 0.5) is 5.69 Å². The summed E-state index contributed by atoms with van der Waals surface area (Å²) in [7, 11) is 3.10. The molecule has 0 bridgehead atoms. The average Bonchev–Trinajstić information content (AvgIpc) is 3.04. The van der Waals surface area contributed by atoms with Gasteiger partial charge in [0, 0.05) is 18.5 Å². The monoisotopic (exact) mass is 415 g/mol. The molecule has 7 heteroatoms. The Hall–Kier alpha value is -4.13. The molecule has 2 heterocycles. The van der Waals surface area contributed by atoms with Crippen LogP contribution in [0, 0.1) is 0 Å². The topological polar surface area (TPSA) is 80.8 Å². The van der Waals surface area contributed by atoms with Crippen LogP contribution in [0.2, 0.25) is 0 Å². The molecular weight excluding hydrogens is 394 g/mol. The zero-order valence-corrected chi connectivity index (χ0v) is 17.2. The Labute approximate surface area is 179 Å². The van der Waals surface area contributed by atoms with Gasteiger partial charge in [-0.05, 0) is 35.4 Å². The fourth-order valence-corrected chi connectivity index (χ4v) is 3.43. The Balaban J connectivity index is 1.77. The minimum absolute atomic E-state index is 0.150. The zero-order chi connectivity index (χ0) is 21.8. The summed E-state index contributed by atoms with van der Waals surface area (Å²) in [6.45, 7) is 0.150. The summed E-state index contributed by atoms with van der Waals surface area (Å²) in [4.78, 5) is 31.9. The molecule has 0 radical (unpaired) electrons. The van der Waals surface area contributed by atoms with Crippen molar-refractivity contribution in [3.63, 3.8) is 0 Å². The number of methoxy groups -OCH3 is 2. The first-order valence-corrected chi connectivity index (χ1v) is 9.66. The van der Waals surface area contributed by atoms with Crippen LogP contribution in [-0.4, -0.2) is 35.9 Å². The quantitative estimate of drug-likeness (QED) is 0.595. The van der Waals surface area contributed by atoms with Gasteiger partial charge in [-0.25, -0.2) is 0 Å². The zero-order valence-electron chi connectivity index (χ0n) is 17.2. The van der Waals surface area contributed by atoms with E-state index in [2.05, 4.69) is 10.3 Å². The first-order valence-electron chi connectivity index (χ1n) is 9.66. The molecule has 1 aliphatic heterocycles. The van der Waals surface area contributed by atoms with E-state index in [1.54, 1.807) is 62.0 Å². The van der Waals surface area contributed by atoms with Crippen LogP contribution >= 0.6 is 0 Å². The molecule has 0 unspecified atom stereocenters. The second-order valence-electron chi connectivity index (χ2n) is 6.86. The summed E-state index contributed by atoms with van der Waals surface area (Å²) in [6, 6.07) is 17.9. The maximum Gasteiger partial charge on any atom is 0.278 e. The smallest absolute Gasteiger partial charge is 0.278 e. The predicted octanol–water partition coefficient (Wildman–Crippen LogP) is 3.49. The minimum Gasteiger partial charge on any atom is -0.497 e. The number of pyridine rings is 1. The number of anilines is 1. The molecule has 1 N–H and O–H groups in total. The van der Waals surface area contributed by atoms with Crippen molar-refractivity contribution in [3.8, 4) is 11.5 Å². The van der Waals surface area contributed by atoms with E-state index in [4.69, 9.17) is 9.47 Å². The van der Waals surface area contributed by atoms with Gasteiger partial charge < -0.3 is 14.8 Å². The number of imide groups is 1. The molecule has 31 heavy (non-hydrogen) atoms. The number of rotatable bonds is 7. The molecule has 0 spiro atoms. The van der Waals surface area contributed by atoms with Crippen molar-refractivity contribution in [3.05, 3.63) is 89.9 Å². The standard InChI is InChI=1S/C24H21N3O4/c1-30-18-8-9-20(31-2)19(14-18)26-22-21(17-6-4-3-5-7-17)23(28)27(24(22)29)15-16-10-12-25-13-11-16/h3-14,26H,15H2,1-2H3. The van der Waals surface area contributed by atoms with Crippen molar-refractivity contribution in [1.82, 2.24) is 9.88 Å². The molecule has 7 nitrogen and oxygen atoms in total. The van der Waals surface area contributed by atoms with Gasteiger partial charge in [0.2, 0.25) is 0 Å². The van der Waals surface area contributed by atoms with E-state index in [9.17, 15) is 9.59 Å². The summed E-state index contributed by atoms with van der Waals surface area (Å²) in [5, 5.41) is 3.13. The third kappa shape index (κ3) is 3.98. The highest BCUT2D eigenvalue weighted by molar-refractivity contribution is 6.36. The van der Waals surface area contributed by atoms with Crippen LogP contribution in [0.1, 0.15) is 11.1 Å². The Bertz CT molecular complexity index is 1140. The van der Waals surface area contributed by atoms with Crippen LogP contribution in [-0.2, 0) is 16.1 Å². The van der Waals surface area contributed by atoms with Crippen molar-refractivity contribution in [2.24, 2.45) is 0 Å². The number of carbonyl (C=O) groups is 2. The highest BCUT2D eigenvalue weighted by Gasteiger charge is 2.39. The first kappa shape index (κ1) is 20.2. The molecule has 4 rings (SSSR count). The molecule has 0 aliphatic carbocycles. The molecule has 2 amide bonds. The Kier molecular flexibility index (Phi) is 5.66. The van der Waals surface area contributed by atoms with Crippen LogP contribution < -0.4 is 14.8 Å². The molecule has 0 atom stereocenters.